The van der Waals surface area contributed by atoms with Crippen LogP contribution in [0.15, 0.2) is 48.5 Å². The Labute approximate surface area is 183 Å². The van der Waals surface area contributed by atoms with Gasteiger partial charge in [-0.2, -0.15) is 0 Å². The number of nitrogens with one attached hydrogen (secondary N) is 3. The van der Waals surface area contributed by atoms with Gasteiger partial charge in [0.25, 0.3) is 5.91 Å². The van der Waals surface area contributed by atoms with E-state index in [1.165, 1.54) is 6.92 Å². The minimum atomic E-state index is -0.264. The first-order valence-electron chi connectivity index (χ1n) is 10.6. The topological polar surface area (TPSA) is 90.5 Å². The molecule has 0 radical (unpaired) electrons. The van der Waals surface area contributed by atoms with Crippen LogP contribution < -0.4 is 16.0 Å². The summed E-state index contributed by atoms with van der Waals surface area (Å²) < 4.78 is 0. The van der Waals surface area contributed by atoms with Crippen molar-refractivity contribution in [2.45, 2.75) is 26.7 Å². The fourth-order valence-electron chi connectivity index (χ4n) is 3.74. The molecule has 164 valence electrons. The number of nitrogens with zero attached hydrogens (tertiary/aromatic N) is 1. The molecule has 1 saturated heterocycles. The fraction of sp³-hybridized carbons (Fsp3) is 0.375. The van der Waals surface area contributed by atoms with Gasteiger partial charge in [-0.25, -0.2) is 0 Å². The van der Waals surface area contributed by atoms with E-state index in [2.05, 4.69) is 20.9 Å². The average molecular weight is 423 g/mol. The maximum Gasteiger partial charge on any atom is 0.257 e. The molecule has 7 nitrogen and oxygen atoms in total. The molecular weight excluding hydrogens is 392 g/mol. The number of rotatable bonds is 7. The first-order valence-corrected chi connectivity index (χ1v) is 10.6. The molecule has 0 atom stereocenters. The van der Waals surface area contributed by atoms with Crippen LogP contribution in [0.2, 0.25) is 0 Å². The van der Waals surface area contributed by atoms with Crippen molar-refractivity contribution < 1.29 is 14.4 Å². The summed E-state index contributed by atoms with van der Waals surface area (Å²) in [6.45, 7) is 6.09. The zero-order valence-electron chi connectivity index (χ0n) is 18.1. The minimum Gasteiger partial charge on any atom is -0.356 e. The molecule has 1 fully saturated rings. The average Bonchev–Trinajstić information content (AvgIpc) is 2.73. The lowest BCUT2D eigenvalue weighted by Crippen LogP contribution is -2.41. The third-order valence-corrected chi connectivity index (χ3v) is 5.44. The van der Waals surface area contributed by atoms with Gasteiger partial charge in [-0.1, -0.05) is 24.3 Å². The molecule has 1 aliphatic rings. The molecule has 0 unspecified atom stereocenters. The van der Waals surface area contributed by atoms with E-state index in [9.17, 15) is 14.4 Å². The van der Waals surface area contributed by atoms with Gasteiger partial charge in [0.1, 0.15) is 0 Å². The summed E-state index contributed by atoms with van der Waals surface area (Å²) in [6, 6.07) is 14.6. The van der Waals surface area contributed by atoms with E-state index in [4.69, 9.17) is 0 Å². The number of carbonyl (C=O) groups is 3. The van der Waals surface area contributed by atoms with Crippen molar-refractivity contribution in [1.29, 1.82) is 0 Å². The molecule has 1 aliphatic heterocycles. The normalized spacial score (nSPS) is 14.6. The molecule has 0 aliphatic carbocycles. The highest BCUT2D eigenvalue weighted by atomic mass is 16.2. The highest BCUT2D eigenvalue weighted by molar-refractivity contribution is 6.10. The zero-order chi connectivity index (χ0) is 22.2. The highest BCUT2D eigenvalue weighted by Gasteiger charge is 2.21. The van der Waals surface area contributed by atoms with Gasteiger partial charge in [-0.15, -0.1) is 0 Å². The standard InChI is InChI=1S/C24H30N4O3/c1-17-6-5-7-20(14-17)26-24(31)21-8-3-4-9-22(21)27-23(30)16-28-12-10-19(11-13-28)15-25-18(2)29/h3-9,14,19H,10-13,15-16H2,1-2H3,(H,25,29)(H,26,31)(H,27,30). The Kier molecular flexibility index (Phi) is 7.78. The van der Waals surface area contributed by atoms with Crippen molar-refractivity contribution in [3.8, 4) is 0 Å². The molecular formula is C24H30N4O3. The third-order valence-electron chi connectivity index (χ3n) is 5.44. The number of benzene rings is 2. The van der Waals surface area contributed by atoms with Crippen molar-refractivity contribution in [3.05, 3.63) is 59.7 Å². The maximum absolute atomic E-state index is 12.8. The number of piperidine rings is 1. The monoisotopic (exact) mass is 422 g/mol. The number of likely N-dealkylation sites (tertiary alicyclic amines) is 1. The Balaban J connectivity index is 1.54. The SMILES string of the molecule is CC(=O)NCC1CCN(CC(=O)Nc2ccccc2C(=O)Nc2cccc(C)c2)CC1. The van der Waals surface area contributed by atoms with Gasteiger partial charge in [0, 0.05) is 19.2 Å². The van der Waals surface area contributed by atoms with Gasteiger partial charge in [-0.3, -0.25) is 19.3 Å². The summed E-state index contributed by atoms with van der Waals surface area (Å²) in [5, 5.41) is 8.64. The summed E-state index contributed by atoms with van der Waals surface area (Å²) in [5.41, 5.74) is 2.69. The smallest absolute Gasteiger partial charge is 0.257 e. The lowest BCUT2D eigenvalue weighted by molar-refractivity contribution is -0.119. The van der Waals surface area contributed by atoms with Crippen LogP contribution in [0.25, 0.3) is 0 Å². The molecule has 7 heteroatoms. The molecule has 0 aromatic heterocycles. The van der Waals surface area contributed by atoms with Crippen LogP contribution in [-0.2, 0) is 9.59 Å². The van der Waals surface area contributed by atoms with Crippen molar-refractivity contribution >= 4 is 29.1 Å². The van der Waals surface area contributed by atoms with Crippen molar-refractivity contribution in [1.82, 2.24) is 10.2 Å². The van der Waals surface area contributed by atoms with Crippen LogP contribution in [0.3, 0.4) is 0 Å². The quantitative estimate of drug-likeness (QED) is 0.640. The van der Waals surface area contributed by atoms with Gasteiger partial charge in [0.05, 0.1) is 17.8 Å². The van der Waals surface area contributed by atoms with Crippen molar-refractivity contribution in [2.75, 3.05) is 36.8 Å². The maximum atomic E-state index is 12.8. The zero-order valence-corrected chi connectivity index (χ0v) is 18.1. The summed E-state index contributed by atoms with van der Waals surface area (Å²) >= 11 is 0. The fourth-order valence-corrected chi connectivity index (χ4v) is 3.74. The predicted molar refractivity (Wildman–Crippen MR) is 122 cm³/mol. The number of amides is 3. The van der Waals surface area contributed by atoms with E-state index in [1.54, 1.807) is 24.3 Å². The van der Waals surface area contributed by atoms with Crippen LogP contribution in [0.1, 0.15) is 35.7 Å². The van der Waals surface area contributed by atoms with E-state index in [0.29, 0.717) is 29.4 Å². The molecule has 3 amide bonds. The van der Waals surface area contributed by atoms with Crippen molar-refractivity contribution in [2.24, 2.45) is 5.92 Å². The number of hydrogen-bond donors (Lipinski definition) is 3. The van der Waals surface area contributed by atoms with Crippen LogP contribution in [0.4, 0.5) is 11.4 Å². The second-order valence-electron chi connectivity index (χ2n) is 8.07. The Hall–Kier alpha value is -3.19. The van der Waals surface area contributed by atoms with Crippen LogP contribution in [0.5, 0.6) is 0 Å². The molecule has 2 aromatic carbocycles. The molecule has 3 N–H and O–H groups in total. The van der Waals surface area contributed by atoms with Gasteiger partial charge < -0.3 is 16.0 Å². The highest BCUT2D eigenvalue weighted by Crippen LogP contribution is 2.19. The van der Waals surface area contributed by atoms with Gasteiger partial charge in [0.15, 0.2) is 0 Å². The van der Waals surface area contributed by atoms with E-state index in [0.717, 1.165) is 31.5 Å². The van der Waals surface area contributed by atoms with Gasteiger partial charge >= 0.3 is 0 Å². The Morgan fingerprint density at radius 3 is 2.45 bits per heavy atom. The van der Waals surface area contributed by atoms with Gasteiger partial charge in [0.2, 0.25) is 11.8 Å². The number of carbonyl (C=O) groups excluding carboxylic acids is 3. The largest absolute Gasteiger partial charge is 0.356 e. The summed E-state index contributed by atoms with van der Waals surface area (Å²) in [4.78, 5) is 38.5. The first kappa shape index (κ1) is 22.5. The molecule has 0 bridgehead atoms. The Morgan fingerprint density at radius 2 is 1.74 bits per heavy atom. The molecule has 3 rings (SSSR count). The van der Waals surface area contributed by atoms with Crippen molar-refractivity contribution in [3.63, 3.8) is 0 Å². The predicted octanol–water partition coefficient (Wildman–Crippen LogP) is 3.03. The van der Waals surface area contributed by atoms with E-state index < -0.39 is 0 Å². The van der Waals surface area contributed by atoms with Gasteiger partial charge in [-0.05, 0) is 68.6 Å². The number of aryl methyl sites for hydroxylation is 1. The van der Waals surface area contributed by atoms with Crippen LogP contribution in [-0.4, -0.2) is 48.8 Å². The summed E-state index contributed by atoms with van der Waals surface area (Å²) in [5.74, 6) is 0.0394. The molecule has 2 aromatic rings. The minimum absolute atomic E-state index is 0.00749. The number of hydrogen-bond acceptors (Lipinski definition) is 4. The lowest BCUT2D eigenvalue weighted by atomic mass is 9.97. The summed E-state index contributed by atoms with van der Waals surface area (Å²) in [7, 11) is 0. The van der Waals surface area contributed by atoms with E-state index in [1.807, 2.05) is 31.2 Å². The molecule has 31 heavy (non-hydrogen) atoms. The van der Waals surface area contributed by atoms with E-state index >= 15 is 0 Å². The summed E-state index contributed by atoms with van der Waals surface area (Å²) in [6.07, 6.45) is 1.89. The third kappa shape index (κ3) is 6.93. The Morgan fingerprint density at radius 1 is 1.00 bits per heavy atom. The molecule has 0 spiro atoms. The first-order chi connectivity index (χ1) is 14.9. The van der Waals surface area contributed by atoms with E-state index in [-0.39, 0.29) is 24.3 Å². The number of para-hydroxylation sites is 1. The molecule has 1 heterocycles. The lowest BCUT2D eigenvalue weighted by Gasteiger charge is -2.31. The second-order valence-corrected chi connectivity index (χ2v) is 8.07. The number of anilines is 2. The van der Waals surface area contributed by atoms with Crippen LogP contribution in [0, 0.1) is 12.8 Å². The molecule has 0 saturated carbocycles. The Bertz CT molecular complexity index is 936. The second kappa shape index (κ2) is 10.7. The van der Waals surface area contributed by atoms with Crippen LogP contribution >= 0.6 is 0 Å².